The van der Waals surface area contributed by atoms with E-state index in [9.17, 15) is 34.2 Å². The number of aliphatic hydroxyl groups excluding tert-OH is 1. The van der Waals surface area contributed by atoms with Crippen molar-refractivity contribution in [1.29, 1.82) is 0 Å². The summed E-state index contributed by atoms with van der Waals surface area (Å²) in [7, 11) is 0. The zero-order chi connectivity index (χ0) is 32.7. The molecule has 0 aromatic carbocycles. The number of aliphatic hydroxyl groups is 2. The molecule has 3 fully saturated rings. The molecule has 0 aromatic heterocycles. The minimum absolute atomic E-state index is 0.0271. The number of rotatable bonds is 6. The number of ether oxygens (including phenoxy) is 2. The molecule has 238 valence electrons. The molecule has 1 unspecified atom stereocenters. The highest BCUT2D eigenvalue weighted by Crippen LogP contribution is 2.74. The number of allylic oxidation sites excluding steroid dienone is 2. The lowest BCUT2D eigenvalue weighted by Crippen LogP contribution is -2.65. The predicted molar refractivity (Wildman–Crippen MR) is 157 cm³/mol. The average Bonchev–Trinajstić information content (AvgIpc) is 3.07. The number of carbonyl (C=O) groups is 5. The molecule has 2 N–H and O–H groups in total. The first kappa shape index (κ1) is 33.2. The fraction of sp³-hybridized carbons (Fsp3) is 0.735. The van der Waals surface area contributed by atoms with Crippen LogP contribution in [0.2, 0.25) is 0 Å². The van der Waals surface area contributed by atoms with Crippen LogP contribution in [0.4, 0.5) is 0 Å². The number of esters is 2. The third-order valence-corrected chi connectivity index (χ3v) is 11.8. The van der Waals surface area contributed by atoms with Gasteiger partial charge in [-0.1, -0.05) is 32.4 Å². The van der Waals surface area contributed by atoms with E-state index in [0.717, 1.165) is 5.57 Å². The second-order valence-electron chi connectivity index (χ2n) is 15.3. The Morgan fingerprint density at radius 3 is 2.16 bits per heavy atom. The molecule has 3 saturated carbocycles. The van der Waals surface area contributed by atoms with Gasteiger partial charge in [-0.2, -0.15) is 0 Å². The first-order valence-corrected chi connectivity index (χ1v) is 15.3. The van der Waals surface area contributed by atoms with Crippen LogP contribution in [-0.4, -0.2) is 62.9 Å². The Kier molecular flexibility index (Phi) is 7.88. The van der Waals surface area contributed by atoms with Gasteiger partial charge in [0.2, 0.25) is 0 Å². The van der Waals surface area contributed by atoms with Crippen LogP contribution in [0.1, 0.15) is 94.9 Å². The predicted octanol–water partition coefficient (Wildman–Crippen LogP) is 4.07. The van der Waals surface area contributed by atoms with Crippen molar-refractivity contribution in [3.63, 3.8) is 0 Å². The zero-order valence-corrected chi connectivity index (χ0v) is 27.2. The summed E-state index contributed by atoms with van der Waals surface area (Å²) in [4.78, 5) is 65.1. The fourth-order valence-electron chi connectivity index (χ4n) is 9.68. The second kappa shape index (κ2) is 10.2. The molecular weight excluding hydrogens is 552 g/mol. The topological polar surface area (TPSA) is 144 Å². The average molecular weight is 601 g/mol. The minimum atomic E-state index is -2.03. The molecule has 9 atom stereocenters. The maximum absolute atomic E-state index is 14.5. The normalized spacial score (nSPS) is 40.1. The first-order valence-electron chi connectivity index (χ1n) is 15.3. The zero-order valence-electron chi connectivity index (χ0n) is 27.2. The summed E-state index contributed by atoms with van der Waals surface area (Å²) < 4.78 is 11.1. The van der Waals surface area contributed by atoms with Crippen LogP contribution in [0.5, 0.6) is 0 Å². The van der Waals surface area contributed by atoms with Crippen molar-refractivity contribution in [2.45, 2.75) is 118 Å². The van der Waals surface area contributed by atoms with Crippen LogP contribution in [0.15, 0.2) is 23.8 Å². The van der Waals surface area contributed by atoms with Crippen LogP contribution in [0, 0.1) is 39.4 Å². The molecule has 0 aliphatic heterocycles. The van der Waals surface area contributed by atoms with E-state index in [1.165, 1.54) is 32.9 Å². The van der Waals surface area contributed by atoms with Gasteiger partial charge in [0.15, 0.2) is 11.6 Å². The van der Waals surface area contributed by atoms with Crippen LogP contribution in [0.25, 0.3) is 0 Å². The number of ketones is 3. The Hall–Kier alpha value is -2.65. The summed E-state index contributed by atoms with van der Waals surface area (Å²) in [5.74, 6) is -3.54. The second-order valence-corrected chi connectivity index (χ2v) is 15.3. The van der Waals surface area contributed by atoms with Gasteiger partial charge in [-0.05, 0) is 88.7 Å². The molecule has 0 bridgehead atoms. The molecule has 0 amide bonds. The highest BCUT2D eigenvalue weighted by molar-refractivity contribution is 5.98. The molecule has 0 heterocycles. The van der Waals surface area contributed by atoms with Gasteiger partial charge < -0.3 is 19.7 Å². The molecule has 0 saturated heterocycles. The summed E-state index contributed by atoms with van der Waals surface area (Å²) in [6.07, 6.45) is 3.66. The Labute approximate surface area is 254 Å². The van der Waals surface area contributed by atoms with Gasteiger partial charge in [0, 0.05) is 37.0 Å². The van der Waals surface area contributed by atoms with Gasteiger partial charge in [-0.3, -0.25) is 24.0 Å². The Bertz CT molecular complexity index is 1320. The minimum Gasteiger partial charge on any atom is -0.462 e. The number of Topliss-reactive ketones (excluding diaryl/α,β-unsaturated/α-hetero) is 2. The van der Waals surface area contributed by atoms with Crippen molar-refractivity contribution in [3.05, 3.63) is 23.8 Å². The Morgan fingerprint density at radius 1 is 1.00 bits per heavy atom. The van der Waals surface area contributed by atoms with Gasteiger partial charge in [-0.15, -0.1) is 0 Å². The lowest BCUT2D eigenvalue weighted by molar-refractivity contribution is -0.185. The van der Waals surface area contributed by atoms with Gasteiger partial charge >= 0.3 is 11.9 Å². The standard InChI is InChI=1S/C34H48O9/c1-18(35)42-23-16-31(7)24-12-11-20-21(15-22(37)28(40)30(20,5)6)33(24,9)26(39)17-32(31,8)27(23)34(10,41)25(38)13-14-29(3,4)43-19(2)36/h11,13-14,21-24,27,37,41H,12,15-17H2,1-10H3/b14-13+/t21-,22+,23-,24+,27?,31+,32-,33+,34+/m1/s1. The van der Waals surface area contributed by atoms with Crippen molar-refractivity contribution in [2.24, 2.45) is 39.4 Å². The maximum Gasteiger partial charge on any atom is 0.303 e. The van der Waals surface area contributed by atoms with Crippen molar-refractivity contribution in [3.8, 4) is 0 Å². The smallest absolute Gasteiger partial charge is 0.303 e. The highest BCUT2D eigenvalue weighted by Gasteiger charge is 2.75. The quantitative estimate of drug-likeness (QED) is 0.262. The van der Waals surface area contributed by atoms with Gasteiger partial charge in [0.25, 0.3) is 0 Å². The number of hydrogen-bond donors (Lipinski definition) is 2. The van der Waals surface area contributed by atoms with E-state index in [1.807, 2.05) is 13.8 Å². The van der Waals surface area contributed by atoms with Crippen LogP contribution in [0.3, 0.4) is 0 Å². The molecule has 4 rings (SSSR count). The largest absolute Gasteiger partial charge is 0.462 e. The Balaban J connectivity index is 1.82. The fourth-order valence-corrected chi connectivity index (χ4v) is 9.68. The lowest BCUT2D eigenvalue weighted by atomic mass is 9.38. The van der Waals surface area contributed by atoms with E-state index in [4.69, 9.17) is 9.47 Å². The third kappa shape index (κ3) is 4.85. The van der Waals surface area contributed by atoms with Crippen LogP contribution in [-0.2, 0) is 33.4 Å². The van der Waals surface area contributed by atoms with Crippen LogP contribution >= 0.6 is 0 Å². The first-order chi connectivity index (χ1) is 19.5. The maximum atomic E-state index is 14.5. The van der Waals surface area contributed by atoms with Crippen molar-refractivity contribution < 1.29 is 43.7 Å². The molecule has 4 aliphatic carbocycles. The van der Waals surface area contributed by atoms with Crippen molar-refractivity contribution in [2.75, 3.05) is 0 Å². The SMILES string of the molecule is CC(=O)O[C@@H]1C[C@@]2(C)[C@@H]3CC=C4[C@@H](C[C@H](O)C(=O)C4(C)C)[C@]3(C)C(=O)C[C@]2(C)C1[C@@](C)(O)C(=O)/C=C/C(C)(C)OC(C)=O. The molecule has 0 spiro atoms. The van der Waals surface area contributed by atoms with Crippen molar-refractivity contribution in [1.82, 2.24) is 0 Å². The monoisotopic (exact) mass is 600 g/mol. The molecular formula is C34H48O9. The number of fused-ring (bicyclic) bond motifs is 5. The van der Waals surface area contributed by atoms with E-state index in [0.29, 0.717) is 12.8 Å². The Morgan fingerprint density at radius 2 is 1.60 bits per heavy atom. The van der Waals surface area contributed by atoms with Crippen molar-refractivity contribution >= 4 is 29.3 Å². The van der Waals surface area contributed by atoms with Gasteiger partial charge in [0.1, 0.15) is 29.2 Å². The van der Waals surface area contributed by atoms with Gasteiger partial charge in [0.05, 0.1) is 0 Å². The molecule has 9 heteroatoms. The van der Waals surface area contributed by atoms with E-state index >= 15 is 0 Å². The summed E-state index contributed by atoms with van der Waals surface area (Å²) in [6.45, 7) is 16.7. The number of carbonyl (C=O) groups excluding carboxylic acids is 5. The number of hydrogen-bond acceptors (Lipinski definition) is 9. The summed E-state index contributed by atoms with van der Waals surface area (Å²) in [5.41, 5.74) is -5.67. The molecule has 43 heavy (non-hydrogen) atoms. The van der Waals surface area contributed by atoms with E-state index in [1.54, 1.807) is 27.7 Å². The van der Waals surface area contributed by atoms with E-state index < -0.39 is 68.7 Å². The lowest BCUT2D eigenvalue weighted by Gasteiger charge is -2.64. The summed E-state index contributed by atoms with van der Waals surface area (Å²) >= 11 is 0. The van der Waals surface area contributed by atoms with E-state index in [2.05, 4.69) is 13.0 Å². The summed E-state index contributed by atoms with van der Waals surface area (Å²) in [5, 5.41) is 22.8. The highest BCUT2D eigenvalue weighted by atomic mass is 16.6. The molecule has 4 aliphatic rings. The third-order valence-electron chi connectivity index (χ3n) is 11.8. The van der Waals surface area contributed by atoms with E-state index in [-0.39, 0.29) is 36.2 Å². The van der Waals surface area contributed by atoms with Crippen LogP contribution < -0.4 is 0 Å². The molecule has 0 radical (unpaired) electrons. The molecule has 0 aromatic rings. The van der Waals surface area contributed by atoms with Gasteiger partial charge in [-0.25, -0.2) is 0 Å². The molecule has 9 nitrogen and oxygen atoms in total. The summed E-state index contributed by atoms with van der Waals surface area (Å²) in [6, 6.07) is 0.